The highest BCUT2D eigenvalue weighted by Crippen LogP contribution is 2.43. The number of carbonyl (C=O) groups excluding carboxylic acids is 1. The Bertz CT molecular complexity index is 2000. The Labute approximate surface area is 312 Å². The number of rotatable bonds is 11. The van der Waals surface area contributed by atoms with E-state index in [1.807, 2.05) is 54.6 Å². The standard InChI is InChI=1S/C44H49N5O4/c1-30-41(28-49-24-8-10-36(49)27-48-22-6-7-23-48)52-44(53-42(30)33-16-14-31(29-50)15-17-33)34-20-18-32(19-21-34)37-11-3-2-9-35(37)25-46-43(51)40-26-45-38-12-4-5-13-39(38)47-40/h2-5,9,11-21,26,30,36,41-42,44,50H,6-8,10,22-25,27-29H2,1H3,(H,46,51)/t30-,36-,41+,42+,44+/m0/s1. The molecule has 5 atom stereocenters. The van der Waals surface area contributed by atoms with E-state index >= 15 is 0 Å². The molecule has 3 aliphatic rings. The predicted molar refractivity (Wildman–Crippen MR) is 206 cm³/mol. The van der Waals surface area contributed by atoms with Crippen LogP contribution in [0.25, 0.3) is 22.2 Å². The molecule has 0 unspecified atom stereocenters. The third-order valence-corrected chi connectivity index (χ3v) is 11.3. The van der Waals surface area contributed by atoms with Gasteiger partial charge in [0.05, 0.1) is 36.0 Å². The van der Waals surface area contributed by atoms with Gasteiger partial charge in [-0.3, -0.25) is 14.7 Å². The van der Waals surface area contributed by atoms with Crippen molar-refractivity contribution in [1.82, 2.24) is 25.1 Å². The van der Waals surface area contributed by atoms with Crippen LogP contribution in [0.15, 0.2) is 103 Å². The van der Waals surface area contributed by atoms with Crippen molar-refractivity contribution < 1.29 is 19.4 Å². The van der Waals surface area contributed by atoms with Gasteiger partial charge >= 0.3 is 0 Å². The number of aliphatic hydroxyl groups is 1. The molecule has 274 valence electrons. The Kier molecular flexibility index (Phi) is 10.9. The van der Waals surface area contributed by atoms with E-state index in [2.05, 4.69) is 74.5 Å². The van der Waals surface area contributed by atoms with Crippen molar-refractivity contribution in [2.75, 3.05) is 32.7 Å². The van der Waals surface area contributed by atoms with E-state index < -0.39 is 6.29 Å². The van der Waals surface area contributed by atoms with Gasteiger partial charge in [-0.05, 0) is 85.3 Å². The van der Waals surface area contributed by atoms with Crippen molar-refractivity contribution in [3.8, 4) is 11.1 Å². The van der Waals surface area contributed by atoms with Crippen molar-refractivity contribution in [1.29, 1.82) is 0 Å². The highest BCUT2D eigenvalue weighted by atomic mass is 16.7. The second-order valence-electron chi connectivity index (χ2n) is 14.8. The van der Waals surface area contributed by atoms with Gasteiger partial charge in [0.15, 0.2) is 6.29 Å². The summed E-state index contributed by atoms with van der Waals surface area (Å²) in [7, 11) is 0. The lowest BCUT2D eigenvalue weighted by molar-refractivity contribution is -0.276. The molecule has 2 N–H and O–H groups in total. The highest BCUT2D eigenvalue weighted by molar-refractivity contribution is 5.93. The molecule has 3 saturated heterocycles. The van der Waals surface area contributed by atoms with Gasteiger partial charge in [-0.15, -0.1) is 0 Å². The van der Waals surface area contributed by atoms with Gasteiger partial charge in [0.2, 0.25) is 0 Å². The normalized spacial score (nSPS) is 23.8. The fourth-order valence-electron chi connectivity index (χ4n) is 8.27. The lowest BCUT2D eigenvalue weighted by atomic mass is 9.89. The molecule has 5 aromatic rings. The van der Waals surface area contributed by atoms with E-state index in [1.165, 1.54) is 45.0 Å². The van der Waals surface area contributed by atoms with Crippen LogP contribution in [0, 0.1) is 5.92 Å². The fraction of sp³-hybridized carbons (Fsp3) is 0.386. The summed E-state index contributed by atoms with van der Waals surface area (Å²) in [5.74, 6) is -0.123. The number of fused-ring (bicyclic) bond motifs is 1. The molecule has 3 fully saturated rings. The van der Waals surface area contributed by atoms with E-state index in [4.69, 9.17) is 9.47 Å². The molecule has 0 radical (unpaired) electrons. The van der Waals surface area contributed by atoms with Crippen LogP contribution in [-0.2, 0) is 22.6 Å². The van der Waals surface area contributed by atoms with Crippen LogP contribution in [0.5, 0.6) is 0 Å². The van der Waals surface area contributed by atoms with Gasteiger partial charge < -0.3 is 24.8 Å². The van der Waals surface area contributed by atoms with Gasteiger partial charge in [-0.25, -0.2) is 4.98 Å². The number of hydrogen-bond donors (Lipinski definition) is 2. The Balaban J connectivity index is 0.993. The summed E-state index contributed by atoms with van der Waals surface area (Å²) >= 11 is 0. The Hall–Kier alpha value is -4.51. The molecule has 0 spiro atoms. The predicted octanol–water partition coefficient (Wildman–Crippen LogP) is 7.07. The summed E-state index contributed by atoms with van der Waals surface area (Å²) in [6, 6.07) is 32.8. The maximum Gasteiger partial charge on any atom is 0.271 e. The smallest absolute Gasteiger partial charge is 0.271 e. The molecule has 9 heteroatoms. The van der Waals surface area contributed by atoms with Gasteiger partial charge in [-0.2, -0.15) is 0 Å². The first-order valence-corrected chi connectivity index (χ1v) is 19.2. The molecule has 1 amide bonds. The van der Waals surface area contributed by atoms with Crippen LogP contribution in [-0.4, -0.2) is 75.7 Å². The van der Waals surface area contributed by atoms with Crippen LogP contribution in [0.1, 0.15) is 77.7 Å². The maximum atomic E-state index is 13.1. The summed E-state index contributed by atoms with van der Waals surface area (Å²) in [4.78, 5) is 27.3. The van der Waals surface area contributed by atoms with Crippen molar-refractivity contribution in [2.24, 2.45) is 5.92 Å². The molecule has 9 nitrogen and oxygen atoms in total. The van der Waals surface area contributed by atoms with Crippen molar-refractivity contribution in [3.63, 3.8) is 0 Å². The first-order chi connectivity index (χ1) is 26.0. The SMILES string of the molecule is C[C@H]1[C@@H](CN2CCC[C@H]2CN2CCCC2)O[C@@H](c2ccc(-c3ccccc3CNC(=O)c3cnc4ccccc4n3)cc2)O[C@H]1c1ccc(CO)cc1. The lowest BCUT2D eigenvalue weighted by Crippen LogP contribution is -2.48. The van der Waals surface area contributed by atoms with Crippen LogP contribution in [0.4, 0.5) is 0 Å². The monoisotopic (exact) mass is 711 g/mol. The van der Waals surface area contributed by atoms with E-state index in [9.17, 15) is 9.90 Å². The molecule has 8 rings (SSSR count). The van der Waals surface area contributed by atoms with Gasteiger partial charge in [0.25, 0.3) is 5.91 Å². The van der Waals surface area contributed by atoms with Crippen molar-refractivity contribution >= 4 is 16.9 Å². The molecular weight excluding hydrogens is 663 g/mol. The zero-order valence-electron chi connectivity index (χ0n) is 30.4. The van der Waals surface area contributed by atoms with Gasteiger partial charge in [0.1, 0.15) is 5.69 Å². The van der Waals surface area contributed by atoms with Gasteiger partial charge in [0, 0.05) is 37.2 Å². The maximum absolute atomic E-state index is 13.1. The minimum atomic E-state index is -0.523. The van der Waals surface area contributed by atoms with E-state index in [0.717, 1.165) is 58.5 Å². The van der Waals surface area contributed by atoms with Crippen LogP contribution >= 0.6 is 0 Å². The molecule has 0 saturated carbocycles. The number of nitrogens with one attached hydrogen (secondary N) is 1. The zero-order chi connectivity index (χ0) is 36.1. The summed E-state index contributed by atoms with van der Waals surface area (Å²) in [6.45, 7) is 8.20. The third kappa shape index (κ3) is 8.05. The van der Waals surface area contributed by atoms with Crippen molar-refractivity contribution in [3.05, 3.63) is 131 Å². The Morgan fingerprint density at radius 3 is 2.36 bits per heavy atom. The third-order valence-electron chi connectivity index (χ3n) is 11.3. The first kappa shape index (κ1) is 35.5. The topological polar surface area (TPSA) is 100 Å². The summed E-state index contributed by atoms with van der Waals surface area (Å²) in [5, 5.41) is 12.7. The summed E-state index contributed by atoms with van der Waals surface area (Å²) in [6.07, 6.45) is 5.94. The van der Waals surface area contributed by atoms with Crippen LogP contribution in [0.3, 0.4) is 0 Å². The molecular formula is C44H49N5O4. The van der Waals surface area contributed by atoms with E-state index in [0.29, 0.717) is 23.8 Å². The number of aromatic nitrogens is 2. The second kappa shape index (κ2) is 16.2. The average molecular weight is 712 g/mol. The number of aliphatic hydroxyl groups excluding tert-OH is 1. The molecule has 1 aromatic heterocycles. The number of nitrogens with zero attached hydrogens (tertiary/aromatic N) is 4. The number of amides is 1. The number of para-hydroxylation sites is 2. The molecule has 4 heterocycles. The summed E-state index contributed by atoms with van der Waals surface area (Å²) in [5.41, 5.74) is 7.79. The van der Waals surface area contributed by atoms with E-state index in [1.54, 1.807) is 0 Å². The number of ether oxygens (including phenoxy) is 2. The molecule has 0 bridgehead atoms. The molecule has 4 aromatic carbocycles. The largest absolute Gasteiger partial charge is 0.392 e. The number of likely N-dealkylation sites (tertiary alicyclic amines) is 2. The number of benzene rings is 4. The summed E-state index contributed by atoms with van der Waals surface area (Å²) < 4.78 is 13.7. The van der Waals surface area contributed by atoms with Crippen LogP contribution < -0.4 is 5.32 Å². The molecule has 53 heavy (non-hydrogen) atoms. The quantitative estimate of drug-likeness (QED) is 0.150. The number of carbonyl (C=O) groups is 1. The Morgan fingerprint density at radius 1 is 0.830 bits per heavy atom. The van der Waals surface area contributed by atoms with Crippen LogP contribution in [0.2, 0.25) is 0 Å². The Morgan fingerprint density at radius 2 is 1.57 bits per heavy atom. The number of hydrogen-bond acceptors (Lipinski definition) is 8. The zero-order valence-corrected chi connectivity index (χ0v) is 30.4. The first-order valence-electron chi connectivity index (χ1n) is 19.2. The average Bonchev–Trinajstić information content (AvgIpc) is 3.90. The highest BCUT2D eigenvalue weighted by Gasteiger charge is 2.41. The minimum absolute atomic E-state index is 0.00764. The molecule has 0 aliphatic carbocycles. The minimum Gasteiger partial charge on any atom is -0.392 e. The lowest BCUT2D eigenvalue weighted by Gasteiger charge is -2.43. The molecule has 3 aliphatic heterocycles. The van der Waals surface area contributed by atoms with Crippen molar-refractivity contribution in [2.45, 2.75) is 70.3 Å². The van der Waals surface area contributed by atoms with E-state index in [-0.39, 0.29) is 30.6 Å². The van der Waals surface area contributed by atoms with Gasteiger partial charge in [-0.1, -0.05) is 91.9 Å². The second-order valence-corrected chi connectivity index (χ2v) is 14.8. The fourth-order valence-corrected chi connectivity index (χ4v) is 8.27.